The molecule has 0 saturated heterocycles. The molecule has 3 aromatic rings. The number of rotatable bonds is 4. The first kappa shape index (κ1) is 17.0. The Balaban J connectivity index is 1.74. The van der Waals surface area contributed by atoms with Gasteiger partial charge in [-0.05, 0) is 49.6 Å². The second-order valence-corrected chi connectivity index (χ2v) is 6.78. The topological polar surface area (TPSA) is 54.9 Å². The molecule has 0 spiro atoms. The van der Waals surface area contributed by atoms with Crippen LogP contribution in [0.2, 0.25) is 0 Å². The van der Waals surface area contributed by atoms with Gasteiger partial charge < -0.3 is 0 Å². The number of hydrogen-bond acceptors (Lipinski definition) is 4. The van der Waals surface area contributed by atoms with E-state index in [0.29, 0.717) is 5.13 Å². The van der Waals surface area contributed by atoms with Gasteiger partial charge in [0.2, 0.25) is 5.91 Å². The van der Waals surface area contributed by atoms with Gasteiger partial charge in [0.15, 0.2) is 5.13 Å². The van der Waals surface area contributed by atoms with Gasteiger partial charge in [-0.1, -0.05) is 23.8 Å². The number of thiazole rings is 1. The zero-order valence-corrected chi connectivity index (χ0v) is 15.2. The van der Waals surface area contributed by atoms with Crippen molar-refractivity contribution in [3.05, 3.63) is 70.4 Å². The van der Waals surface area contributed by atoms with Crippen LogP contribution in [0.5, 0.6) is 0 Å². The summed E-state index contributed by atoms with van der Waals surface area (Å²) in [5.74, 6) is -0.206. The molecule has 0 aliphatic heterocycles. The minimum Gasteiger partial charge on any atom is -0.298 e. The van der Waals surface area contributed by atoms with Gasteiger partial charge in [-0.15, -0.1) is 11.3 Å². The van der Waals surface area contributed by atoms with Crippen molar-refractivity contribution in [1.29, 1.82) is 0 Å². The van der Waals surface area contributed by atoms with E-state index < -0.39 is 0 Å². The molecule has 0 saturated carbocycles. The van der Waals surface area contributed by atoms with E-state index in [9.17, 15) is 4.79 Å². The Morgan fingerprint density at radius 3 is 2.64 bits per heavy atom. The quantitative estimate of drug-likeness (QED) is 0.690. The normalized spacial score (nSPS) is 11.0. The molecule has 0 unspecified atom stereocenters. The number of nitrogens with zero attached hydrogens (tertiary/aromatic N) is 2. The van der Waals surface area contributed by atoms with Gasteiger partial charge in [-0.25, -0.2) is 4.98 Å². The van der Waals surface area contributed by atoms with Gasteiger partial charge in [-0.2, -0.15) is 0 Å². The smallest absolute Gasteiger partial charge is 0.250 e. The van der Waals surface area contributed by atoms with Crippen LogP contribution in [0.4, 0.5) is 5.13 Å². The predicted molar refractivity (Wildman–Crippen MR) is 104 cm³/mol. The molecule has 4 nitrogen and oxygen atoms in total. The lowest BCUT2D eigenvalue weighted by Gasteiger charge is -2.08. The zero-order chi connectivity index (χ0) is 17.8. The Kier molecular flexibility index (Phi) is 5.05. The second-order valence-electron chi connectivity index (χ2n) is 5.92. The average molecular weight is 349 g/mol. The Labute approximate surface area is 151 Å². The van der Waals surface area contributed by atoms with Gasteiger partial charge in [0.1, 0.15) is 0 Å². The van der Waals surface area contributed by atoms with E-state index in [1.165, 1.54) is 34.1 Å². The van der Waals surface area contributed by atoms with Crippen molar-refractivity contribution in [2.24, 2.45) is 0 Å². The summed E-state index contributed by atoms with van der Waals surface area (Å²) in [6, 6.07) is 8.02. The van der Waals surface area contributed by atoms with Gasteiger partial charge in [0, 0.05) is 29.4 Å². The van der Waals surface area contributed by atoms with Crippen molar-refractivity contribution in [3.63, 3.8) is 0 Å². The molecule has 0 aliphatic rings. The highest BCUT2D eigenvalue weighted by Crippen LogP contribution is 2.31. The molecule has 0 atom stereocenters. The number of anilines is 1. The van der Waals surface area contributed by atoms with Gasteiger partial charge in [0.25, 0.3) is 0 Å². The van der Waals surface area contributed by atoms with E-state index >= 15 is 0 Å². The van der Waals surface area contributed by atoms with Crippen LogP contribution in [0.15, 0.2) is 48.1 Å². The largest absolute Gasteiger partial charge is 0.298 e. The summed E-state index contributed by atoms with van der Waals surface area (Å²) in [7, 11) is 0. The molecule has 1 amide bonds. The van der Waals surface area contributed by atoms with Crippen LogP contribution < -0.4 is 5.32 Å². The van der Waals surface area contributed by atoms with Crippen LogP contribution in [0.3, 0.4) is 0 Å². The second kappa shape index (κ2) is 7.40. The number of aromatic nitrogens is 2. The minimum absolute atomic E-state index is 0.206. The van der Waals surface area contributed by atoms with Crippen molar-refractivity contribution in [3.8, 4) is 11.3 Å². The van der Waals surface area contributed by atoms with Crippen LogP contribution in [0.1, 0.15) is 22.3 Å². The third kappa shape index (κ3) is 4.19. The van der Waals surface area contributed by atoms with Crippen LogP contribution in [-0.2, 0) is 4.79 Å². The lowest BCUT2D eigenvalue weighted by Crippen LogP contribution is -2.07. The van der Waals surface area contributed by atoms with Crippen LogP contribution >= 0.6 is 11.3 Å². The Morgan fingerprint density at radius 1 is 1.20 bits per heavy atom. The van der Waals surface area contributed by atoms with Crippen LogP contribution in [0.25, 0.3) is 17.3 Å². The fraction of sp³-hybridized carbons (Fsp3) is 0.150. The maximum Gasteiger partial charge on any atom is 0.250 e. The number of aryl methyl sites for hydroxylation is 3. The molecule has 0 fully saturated rings. The predicted octanol–water partition coefficient (Wildman–Crippen LogP) is 4.78. The van der Waals surface area contributed by atoms with Crippen molar-refractivity contribution in [2.45, 2.75) is 20.8 Å². The Morgan fingerprint density at radius 2 is 1.96 bits per heavy atom. The molecule has 0 radical (unpaired) electrons. The van der Waals surface area contributed by atoms with E-state index in [-0.39, 0.29) is 5.91 Å². The minimum atomic E-state index is -0.206. The summed E-state index contributed by atoms with van der Waals surface area (Å²) in [5, 5.41) is 5.38. The van der Waals surface area contributed by atoms with Gasteiger partial charge in [-0.3, -0.25) is 15.1 Å². The lowest BCUT2D eigenvalue weighted by molar-refractivity contribution is -0.111. The first-order chi connectivity index (χ1) is 12.0. The number of carbonyl (C=O) groups is 1. The molecule has 2 aromatic heterocycles. The lowest BCUT2D eigenvalue weighted by atomic mass is 9.98. The molecule has 1 aromatic carbocycles. The number of benzene rings is 1. The van der Waals surface area contributed by atoms with Crippen molar-refractivity contribution < 1.29 is 4.79 Å². The molecule has 126 valence electrons. The SMILES string of the molecule is Cc1cc(C)c(-c2csc(NC(=O)/C=C/c3cccnc3)n2)c(C)c1. The zero-order valence-electron chi connectivity index (χ0n) is 14.4. The average Bonchev–Trinajstić information content (AvgIpc) is 3.01. The highest BCUT2D eigenvalue weighted by atomic mass is 32.1. The number of pyridine rings is 1. The molecule has 0 aliphatic carbocycles. The van der Waals surface area contributed by atoms with Crippen LogP contribution in [-0.4, -0.2) is 15.9 Å². The molecular weight excluding hydrogens is 330 g/mol. The molecule has 5 heteroatoms. The number of nitrogens with one attached hydrogen (secondary N) is 1. The van der Waals surface area contributed by atoms with Gasteiger partial charge in [0.05, 0.1) is 5.69 Å². The van der Waals surface area contributed by atoms with E-state index in [1.807, 2.05) is 17.5 Å². The standard InChI is InChI=1S/C20H19N3OS/c1-13-9-14(2)19(15(3)10-13)17-12-25-20(22-17)23-18(24)7-6-16-5-4-8-21-11-16/h4-12H,1-3H3,(H,22,23,24)/b7-6+. The summed E-state index contributed by atoms with van der Waals surface area (Å²) in [5.41, 5.74) is 6.53. The third-order valence-electron chi connectivity index (χ3n) is 3.78. The molecule has 3 rings (SSSR count). The summed E-state index contributed by atoms with van der Waals surface area (Å²) in [4.78, 5) is 20.6. The van der Waals surface area contributed by atoms with Gasteiger partial charge >= 0.3 is 0 Å². The summed E-state index contributed by atoms with van der Waals surface area (Å²) in [6.07, 6.45) is 6.61. The molecule has 25 heavy (non-hydrogen) atoms. The maximum atomic E-state index is 12.1. The van der Waals surface area contributed by atoms with Crippen LogP contribution in [0, 0.1) is 20.8 Å². The van der Waals surface area contributed by atoms with Crippen molar-refractivity contribution >= 4 is 28.5 Å². The summed E-state index contributed by atoms with van der Waals surface area (Å²) >= 11 is 1.43. The highest BCUT2D eigenvalue weighted by molar-refractivity contribution is 7.14. The van der Waals surface area contributed by atoms with E-state index in [4.69, 9.17) is 0 Å². The third-order valence-corrected chi connectivity index (χ3v) is 4.54. The summed E-state index contributed by atoms with van der Waals surface area (Å²) < 4.78 is 0. The van der Waals surface area contributed by atoms with Crippen molar-refractivity contribution in [1.82, 2.24) is 9.97 Å². The molecule has 1 N–H and O–H groups in total. The van der Waals surface area contributed by atoms with Crippen molar-refractivity contribution in [2.75, 3.05) is 5.32 Å². The Bertz CT molecular complexity index is 906. The Hall–Kier alpha value is -2.79. The number of hydrogen-bond donors (Lipinski definition) is 1. The van der Waals surface area contributed by atoms with E-state index in [1.54, 1.807) is 18.5 Å². The van der Waals surface area contributed by atoms with E-state index in [0.717, 1.165) is 16.8 Å². The monoisotopic (exact) mass is 349 g/mol. The highest BCUT2D eigenvalue weighted by Gasteiger charge is 2.11. The van der Waals surface area contributed by atoms with E-state index in [2.05, 4.69) is 48.2 Å². The fourth-order valence-corrected chi connectivity index (χ4v) is 3.53. The first-order valence-corrected chi connectivity index (χ1v) is 8.84. The first-order valence-electron chi connectivity index (χ1n) is 7.96. The molecule has 2 heterocycles. The molecular formula is C20H19N3OS. The maximum absolute atomic E-state index is 12.1. The fourth-order valence-electron chi connectivity index (χ4n) is 2.82. The summed E-state index contributed by atoms with van der Waals surface area (Å²) in [6.45, 7) is 6.26. The number of carbonyl (C=O) groups excluding carboxylic acids is 1. The molecule has 0 bridgehead atoms. The number of amides is 1.